The van der Waals surface area contributed by atoms with Gasteiger partial charge in [0, 0.05) is 5.69 Å². The molecule has 242 valence electrons. The van der Waals surface area contributed by atoms with Gasteiger partial charge in [0.25, 0.3) is 21.1 Å². The van der Waals surface area contributed by atoms with E-state index in [1.54, 1.807) is 56.3 Å². The molecule has 13 nitrogen and oxygen atoms in total. The van der Waals surface area contributed by atoms with Crippen LogP contribution in [0.2, 0.25) is 10.0 Å². The van der Waals surface area contributed by atoms with Crippen molar-refractivity contribution in [3.05, 3.63) is 139 Å². The minimum atomic E-state index is -3.84. The summed E-state index contributed by atoms with van der Waals surface area (Å²) >= 11 is 12.9. The topological polar surface area (TPSA) is 171 Å². The third-order valence-electron chi connectivity index (χ3n) is 7.06. The van der Waals surface area contributed by atoms with Crippen LogP contribution in [-0.4, -0.2) is 28.0 Å². The molecular formula is C32H25Cl2N9O4S. The van der Waals surface area contributed by atoms with Crippen molar-refractivity contribution in [2.75, 3.05) is 4.72 Å². The lowest BCUT2D eigenvalue weighted by molar-refractivity contribution is 0.601. The Morgan fingerprint density at radius 3 is 1.54 bits per heavy atom. The highest BCUT2D eigenvalue weighted by molar-refractivity contribution is 7.92. The van der Waals surface area contributed by atoms with E-state index < -0.39 is 15.6 Å². The molecule has 0 unspecified atom stereocenters. The average molecular weight is 703 g/mol. The van der Waals surface area contributed by atoms with Gasteiger partial charge < -0.3 is 0 Å². The molecule has 16 heteroatoms. The Labute approximate surface area is 283 Å². The number of aromatic amines is 2. The second-order valence-electron chi connectivity index (χ2n) is 10.4. The highest BCUT2D eigenvalue weighted by Crippen LogP contribution is 2.37. The minimum Gasteiger partial charge on any atom is -0.293 e. The molecule has 6 rings (SSSR count). The van der Waals surface area contributed by atoms with Gasteiger partial charge >= 0.3 is 0 Å². The molecule has 0 saturated carbocycles. The van der Waals surface area contributed by atoms with Crippen molar-refractivity contribution in [1.82, 2.24) is 19.6 Å². The zero-order chi connectivity index (χ0) is 34.0. The maximum atomic E-state index is 13.2. The van der Waals surface area contributed by atoms with Crippen LogP contribution < -0.4 is 15.8 Å². The number of aromatic nitrogens is 4. The number of hydrogen-bond donors (Lipinski definition) is 3. The van der Waals surface area contributed by atoms with E-state index in [1.807, 2.05) is 18.2 Å². The van der Waals surface area contributed by atoms with Gasteiger partial charge in [-0.05, 0) is 74.5 Å². The first-order valence-corrected chi connectivity index (χ1v) is 16.5. The minimum absolute atomic E-state index is 0.00558. The SMILES string of the molecule is Cc1[nH]n(-c2ccccc2)c(=O)c1N=Nc1cc(Cl)c(N=Nc2c(C)[nH]n(-c3ccc(S(=O)(=O)Nc4ccccc4)cc3)c2=O)cc1Cl. The van der Waals surface area contributed by atoms with Crippen LogP contribution in [0.1, 0.15) is 11.4 Å². The molecule has 3 N–H and O–H groups in total. The van der Waals surface area contributed by atoms with E-state index >= 15 is 0 Å². The number of benzene rings is 4. The zero-order valence-electron chi connectivity index (χ0n) is 25.2. The number of aryl methyl sites for hydroxylation is 2. The number of hydrogen-bond acceptors (Lipinski definition) is 8. The molecule has 0 aliphatic heterocycles. The molecular weight excluding hydrogens is 677 g/mol. The monoisotopic (exact) mass is 701 g/mol. The molecule has 0 atom stereocenters. The van der Waals surface area contributed by atoms with Gasteiger partial charge in [0.05, 0.1) is 37.7 Å². The smallest absolute Gasteiger partial charge is 0.293 e. The summed E-state index contributed by atoms with van der Waals surface area (Å²) in [6.07, 6.45) is 0. The number of sulfonamides is 1. The van der Waals surface area contributed by atoms with Gasteiger partial charge in [-0.2, -0.15) is 0 Å². The van der Waals surface area contributed by atoms with Gasteiger partial charge in [-0.25, -0.2) is 17.8 Å². The summed E-state index contributed by atoms with van der Waals surface area (Å²) in [6.45, 7) is 3.34. The number of azo groups is 2. The highest BCUT2D eigenvalue weighted by atomic mass is 35.5. The third-order valence-corrected chi connectivity index (χ3v) is 9.06. The number of para-hydroxylation sites is 2. The predicted molar refractivity (Wildman–Crippen MR) is 184 cm³/mol. The molecule has 0 bridgehead atoms. The molecule has 48 heavy (non-hydrogen) atoms. The molecule has 0 spiro atoms. The van der Waals surface area contributed by atoms with E-state index in [9.17, 15) is 18.0 Å². The highest BCUT2D eigenvalue weighted by Gasteiger charge is 2.17. The average Bonchev–Trinajstić information content (AvgIpc) is 3.53. The molecule has 4 aromatic carbocycles. The normalized spacial score (nSPS) is 11.9. The Bertz CT molecular complexity index is 2420. The largest absolute Gasteiger partial charge is 0.299 e. The van der Waals surface area contributed by atoms with Gasteiger partial charge in [0.2, 0.25) is 0 Å². The van der Waals surface area contributed by atoms with Crippen LogP contribution in [0.4, 0.5) is 28.4 Å². The van der Waals surface area contributed by atoms with E-state index in [0.717, 1.165) is 0 Å². The van der Waals surface area contributed by atoms with Crippen LogP contribution in [0.5, 0.6) is 0 Å². The molecule has 2 heterocycles. The summed E-state index contributed by atoms with van der Waals surface area (Å²) in [5.41, 5.74) is 1.92. The predicted octanol–water partition coefficient (Wildman–Crippen LogP) is 8.20. The van der Waals surface area contributed by atoms with Crippen molar-refractivity contribution in [1.29, 1.82) is 0 Å². The number of anilines is 1. The summed E-state index contributed by atoms with van der Waals surface area (Å²) in [7, 11) is -3.84. The summed E-state index contributed by atoms with van der Waals surface area (Å²) in [5, 5.41) is 22.7. The summed E-state index contributed by atoms with van der Waals surface area (Å²) in [4.78, 5) is 26.2. The first kappa shape index (κ1) is 32.4. The molecule has 0 radical (unpaired) electrons. The van der Waals surface area contributed by atoms with Crippen molar-refractivity contribution in [3.8, 4) is 11.4 Å². The maximum absolute atomic E-state index is 13.2. The van der Waals surface area contributed by atoms with E-state index in [2.05, 4.69) is 35.4 Å². The Kier molecular flexibility index (Phi) is 8.95. The number of nitrogens with zero attached hydrogens (tertiary/aromatic N) is 6. The van der Waals surface area contributed by atoms with Crippen LogP contribution >= 0.6 is 23.2 Å². The second kappa shape index (κ2) is 13.3. The lowest BCUT2D eigenvalue weighted by Gasteiger charge is -2.09. The van der Waals surface area contributed by atoms with Crippen molar-refractivity contribution in [2.45, 2.75) is 18.7 Å². The molecule has 0 aliphatic rings. The van der Waals surface area contributed by atoms with Crippen LogP contribution in [-0.2, 0) is 10.0 Å². The molecule has 0 aliphatic carbocycles. The molecule has 6 aromatic rings. The molecule has 0 amide bonds. The number of halogens is 2. The van der Waals surface area contributed by atoms with E-state index in [4.69, 9.17) is 23.2 Å². The second-order valence-corrected chi connectivity index (χ2v) is 12.9. The van der Waals surface area contributed by atoms with Crippen molar-refractivity contribution in [3.63, 3.8) is 0 Å². The van der Waals surface area contributed by atoms with Crippen molar-refractivity contribution < 1.29 is 8.42 Å². The fourth-order valence-electron chi connectivity index (χ4n) is 4.63. The lowest BCUT2D eigenvalue weighted by Crippen LogP contribution is -2.15. The van der Waals surface area contributed by atoms with E-state index in [0.29, 0.717) is 28.5 Å². The van der Waals surface area contributed by atoms with Crippen molar-refractivity contribution >= 4 is 61.7 Å². The fourth-order valence-corrected chi connectivity index (χ4v) is 6.08. The lowest BCUT2D eigenvalue weighted by atomic mass is 10.3. The Balaban J connectivity index is 1.21. The van der Waals surface area contributed by atoms with Gasteiger partial charge in [-0.15, -0.1) is 20.5 Å². The van der Waals surface area contributed by atoms with Crippen molar-refractivity contribution in [2.24, 2.45) is 20.5 Å². The number of rotatable bonds is 9. The standard InChI is InChI=1S/C32H25Cl2N9O4S/c1-19-29(31(44)42(39-19)22-11-7-4-8-12-22)37-35-27-17-26(34)28(18-25(27)33)36-38-30-20(2)40-43(32(30)45)23-13-15-24(16-14-23)48(46,47)41-21-9-5-3-6-10-21/h3-18,39-41H,1-2H3. The maximum Gasteiger partial charge on any atom is 0.299 e. The Hall–Kier alpha value is -5.57. The van der Waals surface area contributed by atoms with Crippen LogP contribution in [0, 0.1) is 13.8 Å². The fraction of sp³-hybridized carbons (Fsp3) is 0.0625. The van der Waals surface area contributed by atoms with Crippen LogP contribution in [0.15, 0.2) is 132 Å². The van der Waals surface area contributed by atoms with E-state index in [1.165, 1.54) is 45.8 Å². The number of nitrogens with one attached hydrogen (secondary N) is 3. The quantitative estimate of drug-likeness (QED) is 0.129. The Morgan fingerprint density at radius 2 is 1.06 bits per heavy atom. The van der Waals surface area contributed by atoms with Gasteiger partial charge in [0.1, 0.15) is 11.4 Å². The van der Waals surface area contributed by atoms with Gasteiger partial charge in [0.15, 0.2) is 11.4 Å². The molecule has 2 aromatic heterocycles. The summed E-state index contributed by atoms with van der Waals surface area (Å²) in [5.74, 6) is 0. The summed E-state index contributed by atoms with van der Waals surface area (Å²) in [6, 6.07) is 26.1. The molecule has 0 fully saturated rings. The first-order valence-electron chi connectivity index (χ1n) is 14.2. The van der Waals surface area contributed by atoms with E-state index in [-0.39, 0.29) is 43.2 Å². The Morgan fingerprint density at radius 1 is 0.625 bits per heavy atom. The summed E-state index contributed by atoms with van der Waals surface area (Å²) < 4.78 is 30.7. The van der Waals surface area contributed by atoms with Gasteiger partial charge in [-0.1, -0.05) is 59.6 Å². The zero-order valence-corrected chi connectivity index (χ0v) is 27.5. The number of H-pyrrole nitrogens is 2. The van der Waals surface area contributed by atoms with Gasteiger partial charge in [-0.3, -0.25) is 24.5 Å². The van der Waals surface area contributed by atoms with Crippen LogP contribution in [0.25, 0.3) is 11.4 Å². The first-order chi connectivity index (χ1) is 23.0. The third kappa shape index (κ3) is 6.62. The van der Waals surface area contributed by atoms with Crippen LogP contribution in [0.3, 0.4) is 0 Å². The molecule has 0 saturated heterocycles.